The van der Waals surface area contributed by atoms with Crippen molar-refractivity contribution in [2.24, 2.45) is 0 Å². The van der Waals surface area contributed by atoms with Gasteiger partial charge in [-0.1, -0.05) is 12.1 Å². The van der Waals surface area contributed by atoms with Crippen molar-refractivity contribution in [3.05, 3.63) is 52.5 Å². The van der Waals surface area contributed by atoms with E-state index in [-0.39, 0.29) is 0 Å². The van der Waals surface area contributed by atoms with Crippen molar-refractivity contribution >= 4 is 38.6 Å². The summed E-state index contributed by atoms with van der Waals surface area (Å²) in [5, 5.41) is 0. The van der Waals surface area contributed by atoms with Gasteiger partial charge in [0.1, 0.15) is 11.3 Å². The summed E-state index contributed by atoms with van der Waals surface area (Å²) in [5.74, 6) is 1.49. The molecule has 0 bridgehead atoms. The third-order valence-electron chi connectivity index (χ3n) is 3.26. The maximum Gasteiger partial charge on any atom is 0.115 e. The molecule has 0 amide bonds. The molecule has 0 fully saturated rings. The van der Waals surface area contributed by atoms with Gasteiger partial charge in [-0.3, -0.25) is 9.55 Å². The largest absolute Gasteiger partial charge is 0.295 e. The average Bonchev–Trinajstić information content (AvgIpc) is 2.80. The molecule has 2 heterocycles. The minimum absolute atomic E-state index is 0.542. The van der Waals surface area contributed by atoms with Crippen LogP contribution in [0.5, 0.6) is 0 Å². The number of aromatic nitrogens is 3. The zero-order valence-electron chi connectivity index (χ0n) is 11.0. The fourth-order valence-corrected chi connectivity index (χ4v) is 2.92. The molecule has 0 aliphatic heterocycles. The molecular weight excluding hydrogens is 338 g/mol. The lowest BCUT2D eigenvalue weighted by Gasteiger charge is -2.12. The predicted molar refractivity (Wildman–Crippen MR) is 85.7 cm³/mol. The minimum Gasteiger partial charge on any atom is -0.295 e. The van der Waals surface area contributed by atoms with Crippen molar-refractivity contribution in [2.75, 3.05) is 5.88 Å². The van der Waals surface area contributed by atoms with E-state index in [9.17, 15) is 0 Å². The molecule has 0 spiro atoms. The van der Waals surface area contributed by atoms with E-state index in [0.29, 0.717) is 5.88 Å². The summed E-state index contributed by atoms with van der Waals surface area (Å²) in [5.41, 5.74) is 4.21. The average molecular weight is 351 g/mol. The van der Waals surface area contributed by atoms with Gasteiger partial charge in [-0.15, -0.1) is 11.6 Å². The first-order valence-corrected chi connectivity index (χ1v) is 7.68. The lowest BCUT2D eigenvalue weighted by atomic mass is 10.2. The number of pyridine rings is 1. The van der Waals surface area contributed by atoms with Crippen LogP contribution in [0.2, 0.25) is 0 Å². The highest BCUT2D eigenvalue weighted by Crippen LogP contribution is 2.29. The molecule has 3 rings (SSSR count). The Morgan fingerprint density at radius 1 is 1.30 bits per heavy atom. The van der Waals surface area contributed by atoms with Gasteiger partial charge in [-0.25, -0.2) is 4.98 Å². The molecule has 3 nitrogen and oxygen atoms in total. The number of aryl methyl sites for hydroxylation is 2. The minimum atomic E-state index is 0.542. The zero-order chi connectivity index (χ0) is 14.1. The van der Waals surface area contributed by atoms with E-state index in [4.69, 9.17) is 11.6 Å². The first-order valence-electron chi connectivity index (χ1n) is 6.35. The second-order valence-electron chi connectivity index (χ2n) is 4.57. The molecule has 0 saturated heterocycles. The predicted octanol–water partition coefficient (Wildman–Crippen LogP) is 4.27. The Labute approximate surface area is 130 Å². The third-order valence-corrected chi connectivity index (χ3v) is 4.48. The van der Waals surface area contributed by atoms with Crippen molar-refractivity contribution in [1.29, 1.82) is 0 Å². The lowest BCUT2D eigenvalue weighted by molar-refractivity contribution is 0.908. The molecule has 2 aromatic heterocycles. The monoisotopic (exact) mass is 349 g/mol. The van der Waals surface area contributed by atoms with Crippen LogP contribution in [-0.4, -0.2) is 20.4 Å². The number of hydrogen-bond acceptors (Lipinski definition) is 2. The van der Waals surface area contributed by atoms with Crippen LogP contribution in [-0.2, 0) is 6.42 Å². The molecule has 0 unspecified atom stereocenters. The second-order valence-corrected chi connectivity index (χ2v) is 5.75. The number of alkyl halides is 1. The van der Waals surface area contributed by atoms with E-state index in [2.05, 4.69) is 49.5 Å². The smallest absolute Gasteiger partial charge is 0.115 e. The van der Waals surface area contributed by atoms with Gasteiger partial charge in [0, 0.05) is 23.0 Å². The fourth-order valence-electron chi connectivity index (χ4n) is 2.31. The lowest BCUT2D eigenvalue weighted by Crippen LogP contribution is -2.03. The van der Waals surface area contributed by atoms with Gasteiger partial charge < -0.3 is 0 Å². The molecule has 0 atom stereocenters. The molecular formula is C15H13BrClN3. The van der Waals surface area contributed by atoms with Gasteiger partial charge in [-0.2, -0.15) is 0 Å². The van der Waals surface area contributed by atoms with Gasteiger partial charge in [0.2, 0.25) is 0 Å². The Morgan fingerprint density at radius 2 is 2.15 bits per heavy atom. The van der Waals surface area contributed by atoms with E-state index in [1.807, 2.05) is 12.1 Å². The van der Waals surface area contributed by atoms with Crippen LogP contribution in [0.1, 0.15) is 11.4 Å². The molecule has 0 N–H and O–H groups in total. The molecule has 5 heteroatoms. The summed E-state index contributed by atoms with van der Waals surface area (Å²) in [7, 11) is 0. The van der Waals surface area contributed by atoms with Crippen LogP contribution in [0.25, 0.3) is 16.7 Å². The van der Waals surface area contributed by atoms with Gasteiger partial charge in [0.05, 0.1) is 17.4 Å². The summed E-state index contributed by atoms with van der Waals surface area (Å²) in [6, 6.07) is 8.19. The van der Waals surface area contributed by atoms with Gasteiger partial charge in [-0.05, 0) is 40.5 Å². The van der Waals surface area contributed by atoms with Crippen molar-refractivity contribution in [3.63, 3.8) is 0 Å². The highest BCUT2D eigenvalue weighted by Gasteiger charge is 2.14. The van der Waals surface area contributed by atoms with Crippen molar-refractivity contribution in [2.45, 2.75) is 13.3 Å². The highest BCUT2D eigenvalue weighted by molar-refractivity contribution is 9.10. The van der Waals surface area contributed by atoms with Gasteiger partial charge >= 0.3 is 0 Å². The normalized spacial score (nSPS) is 11.2. The Kier molecular flexibility index (Phi) is 3.76. The third kappa shape index (κ3) is 2.23. The summed E-state index contributed by atoms with van der Waals surface area (Å²) in [6.45, 7) is 2.08. The molecule has 20 heavy (non-hydrogen) atoms. The maximum absolute atomic E-state index is 5.91. The Hall–Kier alpha value is -1.39. The Bertz CT molecular complexity index is 767. The Balaban J connectivity index is 2.33. The van der Waals surface area contributed by atoms with E-state index >= 15 is 0 Å². The Morgan fingerprint density at radius 3 is 2.95 bits per heavy atom. The summed E-state index contributed by atoms with van der Waals surface area (Å²) < 4.78 is 3.23. The van der Waals surface area contributed by atoms with Crippen molar-refractivity contribution in [3.8, 4) is 5.69 Å². The molecule has 0 aliphatic rings. The molecule has 102 valence electrons. The van der Waals surface area contributed by atoms with Crippen LogP contribution in [0.15, 0.2) is 41.1 Å². The first-order chi connectivity index (χ1) is 9.72. The topological polar surface area (TPSA) is 30.7 Å². The standard InChI is InChI=1S/C15H13BrClN3/c1-10-3-2-4-13(15(10)16)20-12-6-8-18-9-11(12)19-14(20)5-7-17/h2-4,6,8-9H,5,7H2,1H3. The SMILES string of the molecule is Cc1cccc(-n2c(CCCl)nc3cnccc32)c1Br. The van der Waals surface area contributed by atoms with Crippen LogP contribution >= 0.6 is 27.5 Å². The summed E-state index contributed by atoms with van der Waals surface area (Å²) >= 11 is 9.59. The number of fused-ring (bicyclic) bond motifs is 1. The van der Waals surface area contributed by atoms with E-state index in [1.54, 1.807) is 12.4 Å². The number of rotatable bonds is 3. The summed E-state index contributed by atoms with van der Waals surface area (Å²) in [6.07, 6.45) is 4.29. The van der Waals surface area contributed by atoms with Crippen LogP contribution in [0.3, 0.4) is 0 Å². The quantitative estimate of drug-likeness (QED) is 0.660. The van der Waals surface area contributed by atoms with Crippen LogP contribution in [0.4, 0.5) is 0 Å². The van der Waals surface area contributed by atoms with Crippen molar-refractivity contribution in [1.82, 2.24) is 14.5 Å². The number of benzene rings is 1. The van der Waals surface area contributed by atoms with E-state index in [0.717, 1.165) is 33.4 Å². The molecule has 0 radical (unpaired) electrons. The highest BCUT2D eigenvalue weighted by atomic mass is 79.9. The number of imidazole rings is 1. The van der Waals surface area contributed by atoms with E-state index < -0.39 is 0 Å². The second kappa shape index (κ2) is 5.54. The number of nitrogens with zero attached hydrogens (tertiary/aromatic N) is 3. The molecule has 1 aromatic carbocycles. The molecule has 0 aliphatic carbocycles. The van der Waals surface area contributed by atoms with Crippen molar-refractivity contribution < 1.29 is 0 Å². The van der Waals surface area contributed by atoms with E-state index in [1.165, 1.54) is 5.56 Å². The molecule has 0 saturated carbocycles. The van der Waals surface area contributed by atoms with Crippen LogP contribution in [0, 0.1) is 6.92 Å². The first kappa shape index (κ1) is 13.6. The zero-order valence-corrected chi connectivity index (χ0v) is 13.3. The van der Waals surface area contributed by atoms with Gasteiger partial charge in [0.25, 0.3) is 0 Å². The maximum atomic E-state index is 5.91. The fraction of sp³-hybridized carbons (Fsp3) is 0.200. The number of halogens is 2. The molecule has 3 aromatic rings. The summed E-state index contributed by atoms with van der Waals surface area (Å²) in [4.78, 5) is 8.79. The van der Waals surface area contributed by atoms with Crippen LogP contribution < -0.4 is 0 Å². The number of hydrogen-bond donors (Lipinski definition) is 0. The van der Waals surface area contributed by atoms with Gasteiger partial charge in [0.15, 0.2) is 0 Å².